The number of nitrogens with zero attached hydrogens (tertiary/aromatic N) is 1. The zero-order valence-electron chi connectivity index (χ0n) is 42.0. The predicted molar refractivity (Wildman–Crippen MR) is 268 cm³/mol. The van der Waals surface area contributed by atoms with Crippen molar-refractivity contribution in [3.05, 3.63) is 48.6 Å². The van der Waals surface area contributed by atoms with Crippen molar-refractivity contribution in [1.29, 1.82) is 0 Å². The standard InChI is InChI=1S/C54H102NO7P/c1-6-8-10-12-14-16-18-20-22-24-26-27-28-30-32-34-36-38-40-42-44-46-49-59-51-53(52-61-63(57,58)60-50-48-55(3,4)5)62-54(56)47-45-43-41-39-37-35-33-31-29-25-23-21-19-17-15-13-11-9-7-2/h8,10,14,16,20,22,26-27,53H,6-7,9,11-13,15,17-19,21,23-25,28-52H2,1-5H3/b10-8-,16-14-,22-20-,27-26-. The van der Waals surface area contributed by atoms with Crippen LogP contribution in [0.2, 0.25) is 0 Å². The van der Waals surface area contributed by atoms with Gasteiger partial charge in [0.25, 0.3) is 7.82 Å². The second-order valence-electron chi connectivity index (χ2n) is 18.9. The Kier molecular flexibility index (Phi) is 45.8. The molecule has 0 rings (SSSR count). The van der Waals surface area contributed by atoms with Crippen molar-refractivity contribution in [2.75, 3.05) is 54.1 Å². The lowest BCUT2D eigenvalue weighted by atomic mass is 10.0. The van der Waals surface area contributed by atoms with Crippen LogP contribution in [0.25, 0.3) is 0 Å². The second-order valence-corrected chi connectivity index (χ2v) is 20.3. The van der Waals surface area contributed by atoms with Crippen LogP contribution in [0.4, 0.5) is 0 Å². The van der Waals surface area contributed by atoms with Crippen LogP contribution in [0.5, 0.6) is 0 Å². The molecule has 9 heteroatoms. The van der Waals surface area contributed by atoms with E-state index in [1.165, 1.54) is 154 Å². The van der Waals surface area contributed by atoms with Crippen LogP contribution in [0.3, 0.4) is 0 Å². The summed E-state index contributed by atoms with van der Waals surface area (Å²) >= 11 is 0. The van der Waals surface area contributed by atoms with Crippen LogP contribution in [0.1, 0.15) is 232 Å². The molecule has 0 saturated carbocycles. The molecule has 0 bridgehead atoms. The average molecular weight is 908 g/mol. The molecule has 0 heterocycles. The van der Waals surface area contributed by atoms with Crippen LogP contribution in [-0.2, 0) is 27.9 Å². The van der Waals surface area contributed by atoms with Gasteiger partial charge in [0.1, 0.15) is 19.3 Å². The van der Waals surface area contributed by atoms with Crippen molar-refractivity contribution < 1.29 is 37.3 Å². The monoisotopic (exact) mass is 908 g/mol. The lowest BCUT2D eigenvalue weighted by Crippen LogP contribution is -2.37. The molecule has 0 radical (unpaired) electrons. The minimum atomic E-state index is -4.53. The van der Waals surface area contributed by atoms with Crippen LogP contribution >= 0.6 is 7.82 Å². The van der Waals surface area contributed by atoms with Crippen LogP contribution in [-0.4, -0.2) is 70.7 Å². The Morgan fingerprint density at radius 1 is 0.508 bits per heavy atom. The number of carbonyl (C=O) groups is 1. The third kappa shape index (κ3) is 51.3. The molecule has 2 unspecified atom stereocenters. The van der Waals surface area contributed by atoms with E-state index in [9.17, 15) is 14.3 Å². The van der Waals surface area contributed by atoms with Crippen molar-refractivity contribution >= 4 is 13.8 Å². The highest BCUT2D eigenvalue weighted by molar-refractivity contribution is 7.45. The lowest BCUT2D eigenvalue weighted by Gasteiger charge is -2.28. The molecule has 0 fully saturated rings. The van der Waals surface area contributed by atoms with E-state index in [-0.39, 0.29) is 25.8 Å². The third-order valence-corrected chi connectivity index (χ3v) is 12.4. The molecule has 2 atom stereocenters. The molecule has 0 aliphatic rings. The van der Waals surface area contributed by atoms with Gasteiger partial charge in [-0.15, -0.1) is 0 Å². The Labute approximate surface area is 390 Å². The largest absolute Gasteiger partial charge is 0.756 e. The van der Waals surface area contributed by atoms with E-state index >= 15 is 0 Å². The quantitative estimate of drug-likeness (QED) is 0.0197. The Morgan fingerprint density at radius 3 is 1.38 bits per heavy atom. The maximum atomic E-state index is 12.8. The fourth-order valence-electron chi connectivity index (χ4n) is 7.36. The van der Waals surface area contributed by atoms with Gasteiger partial charge in [-0.1, -0.05) is 223 Å². The second kappa shape index (κ2) is 47.0. The summed E-state index contributed by atoms with van der Waals surface area (Å²) in [4.78, 5) is 25.2. The highest BCUT2D eigenvalue weighted by Gasteiger charge is 2.20. The Morgan fingerprint density at radius 2 is 0.921 bits per heavy atom. The average Bonchev–Trinajstić information content (AvgIpc) is 3.24. The summed E-state index contributed by atoms with van der Waals surface area (Å²) in [6.07, 6.45) is 58.5. The predicted octanol–water partition coefficient (Wildman–Crippen LogP) is 15.7. The maximum Gasteiger partial charge on any atom is 0.306 e. The van der Waals surface area contributed by atoms with Crippen LogP contribution in [0, 0.1) is 0 Å². The first kappa shape index (κ1) is 61.5. The van der Waals surface area contributed by atoms with Gasteiger partial charge in [-0.2, -0.15) is 0 Å². The molecule has 0 aromatic rings. The van der Waals surface area contributed by atoms with Crippen molar-refractivity contribution in [3.8, 4) is 0 Å². The molecule has 0 N–H and O–H groups in total. The van der Waals surface area contributed by atoms with Gasteiger partial charge in [0, 0.05) is 13.0 Å². The Hall–Kier alpha value is -1.54. The topological polar surface area (TPSA) is 94.1 Å². The molecule has 0 aromatic heterocycles. The smallest absolute Gasteiger partial charge is 0.306 e. The van der Waals surface area contributed by atoms with Gasteiger partial charge >= 0.3 is 5.97 Å². The Bertz CT molecular complexity index is 1150. The third-order valence-electron chi connectivity index (χ3n) is 11.4. The minimum absolute atomic E-state index is 0.0251. The van der Waals surface area contributed by atoms with E-state index in [4.69, 9.17) is 18.5 Å². The Balaban J connectivity index is 4.12. The SMILES string of the molecule is CC/C=C\C/C=C\C/C=C\C/C=C\CCCCCCCCCCCOCC(COP(=O)([O-])OCC[N+](C)(C)C)OC(=O)CCCCCCCCCCCCCCCCCCCCC. The molecule has 0 aliphatic carbocycles. The normalized spacial score (nSPS) is 13.9. The molecular formula is C54H102NO7P. The van der Waals surface area contributed by atoms with Crippen LogP contribution in [0.15, 0.2) is 48.6 Å². The van der Waals surface area contributed by atoms with E-state index in [0.717, 1.165) is 57.8 Å². The fraction of sp³-hybridized carbons (Fsp3) is 0.833. The summed E-state index contributed by atoms with van der Waals surface area (Å²) < 4.78 is 34.8. The van der Waals surface area contributed by atoms with Crippen molar-refractivity contribution in [3.63, 3.8) is 0 Å². The molecule has 63 heavy (non-hydrogen) atoms. The van der Waals surface area contributed by atoms with Crippen LogP contribution < -0.4 is 4.89 Å². The van der Waals surface area contributed by atoms with Gasteiger partial charge in [0.2, 0.25) is 0 Å². The zero-order chi connectivity index (χ0) is 46.2. The van der Waals surface area contributed by atoms with Gasteiger partial charge in [-0.3, -0.25) is 9.36 Å². The van der Waals surface area contributed by atoms with Crippen molar-refractivity contribution in [2.24, 2.45) is 0 Å². The summed E-state index contributed by atoms with van der Waals surface area (Å²) in [6.45, 7) is 5.32. The van der Waals surface area contributed by atoms with E-state index in [2.05, 4.69) is 62.5 Å². The number of quaternary nitrogens is 1. The molecule has 0 amide bonds. The van der Waals surface area contributed by atoms with Gasteiger partial charge in [0.05, 0.1) is 34.4 Å². The molecule has 0 aromatic carbocycles. The highest BCUT2D eigenvalue weighted by atomic mass is 31.2. The number of phosphoric ester groups is 1. The molecular weight excluding hydrogens is 806 g/mol. The summed E-state index contributed by atoms with van der Waals surface area (Å²) in [7, 11) is 1.36. The van der Waals surface area contributed by atoms with E-state index in [1.54, 1.807) is 0 Å². The highest BCUT2D eigenvalue weighted by Crippen LogP contribution is 2.38. The minimum Gasteiger partial charge on any atom is -0.756 e. The van der Waals surface area contributed by atoms with E-state index < -0.39 is 13.9 Å². The maximum absolute atomic E-state index is 12.8. The number of phosphoric acid groups is 1. The van der Waals surface area contributed by atoms with Gasteiger partial charge < -0.3 is 27.9 Å². The number of carbonyl (C=O) groups excluding carboxylic acids is 1. The van der Waals surface area contributed by atoms with Crippen molar-refractivity contribution in [1.82, 2.24) is 0 Å². The molecule has 0 spiro atoms. The number of ether oxygens (including phenoxy) is 2. The number of rotatable bonds is 49. The van der Waals surface area contributed by atoms with E-state index in [0.29, 0.717) is 24.1 Å². The van der Waals surface area contributed by atoms with E-state index in [1.807, 2.05) is 21.1 Å². The zero-order valence-corrected chi connectivity index (χ0v) is 42.9. The summed E-state index contributed by atoms with van der Waals surface area (Å²) in [5, 5.41) is 0. The molecule has 0 aliphatic heterocycles. The number of likely N-dealkylation sites (N-methyl/N-ethyl adjacent to an activating group) is 1. The fourth-order valence-corrected chi connectivity index (χ4v) is 8.09. The number of unbranched alkanes of at least 4 members (excludes halogenated alkanes) is 27. The number of hydrogen-bond acceptors (Lipinski definition) is 7. The number of hydrogen-bond donors (Lipinski definition) is 0. The van der Waals surface area contributed by atoms with Gasteiger partial charge in [0.15, 0.2) is 0 Å². The first-order chi connectivity index (χ1) is 30.6. The lowest BCUT2D eigenvalue weighted by molar-refractivity contribution is -0.870. The number of esters is 1. The molecule has 370 valence electrons. The summed E-state index contributed by atoms with van der Waals surface area (Å²) in [5.74, 6) is -0.333. The number of allylic oxidation sites excluding steroid dienone is 8. The summed E-state index contributed by atoms with van der Waals surface area (Å²) in [5.41, 5.74) is 0. The molecule has 0 saturated heterocycles. The first-order valence-electron chi connectivity index (χ1n) is 26.4. The van der Waals surface area contributed by atoms with Crippen molar-refractivity contribution in [2.45, 2.75) is 238 Å². The first-order valence-corrected chi connectivity index (χ1v) is 27.8. The van der Waals surface area contributed by atoms with Gasteiger partial charge in [-0.25, -0.2) is 0 Å². The summed E-state index contributed by atoms with van der Waals surface area (Å²) in [6, 6.07) is 0. The van der Waals surface area contributed by atoms with Gasteiger partial charge in [-0.05, 0) is 51.4 Å². The molecule has 8 nitrogen and oxygen atoms in total.